The van der Waals surface area contributed by atoms with Gasteiger partial charge in [-0.1, -0.05) is 25.3 Å². The molecule has 2 fully saturated rings. The van der Waals surface area contributed by atoms with Crippen LogP contribution in [-0.2, 0) is 4.79 Å². The zero-order chi connectivity index (χ0) is 16.4. The van der Waals surface area contributed by atoms with Crippen LogP contribution >= 0.6 is 0 Å². The van der Waals surface area contributed by atoms with Gasteiger partial charge in [0.2, 0.25) is 5.91 Å². The molecule has 1 unspecified atom stereocenters. The third-order valence-electron chi connectivity index (χ3n) is 5.22. The van der Waals surface area contributed by atoms with E-state index in [1.54, 1.807) is 4.52 Å². The summed E-state index contributed by atoms with van der Waals surface area (Å²) in [5, 5.41) is 4.27. The second-order valence-corrected chi connectivity index (χ2v) is 6.83. The van der Waals surface area contributed by atoms with Crippen molar-refractivity contribution in [3.63, 3.8) is 0 Å². The molecule has 1 amide bonds. The van der Waals surface area contributed by atoms with E-state index in [1.165, 1.54) is 32.1 Å². The first-order valence-electron chi connectivity index (χ1n) is 8.91. The molecule has 0 spiro atoms. The molecule has 1 saturated carbocycles. The van der Waals surface area contributed by atoms with Crippen molar-refractivity contribution in [2.45, 2.75) is 44.6 Å². The quantitative estimate of drug-likeness (QED) is 0.838. The van der Waals surface area contributed by atoms with Crippen LogP contribution in [0.2, 0.25) is 0 Å². The Balaban J connectivity index is 1.30. The van der Waals surface area contributed by atoms with Crippen molar-refractivity contribution in [1.82, 2.24) is 24.9 Å². The SMILES string of the molecule is O=C(NNc1nc2ccccn2n1)C1CCN(C2CCCCC2)C1. The van der Waals surface area contributed by atoms with Gasteiger partial charge in [-0.15, -0.1) is 5.10 Å². The highest BCUT2D eigenvalue weighted by Crippen LogP contribution is 2.27. The molecular weight excluding hydrogens is 304 g/mol. The fourth-order valence-corrected chi connectivity index (χ4v) is 3.88. The molecule has 4 rings (SSSR count). The maximum Gasteiger partial charge on any atom is 0.261 e. The minimum Gasteiger partial charge on any atom is -0.300 e. The molecule has 24 heavy (non-hydrogen) atoms. The summed E-state index contributed by atoms with van der Waals surface area (Å²) >= 11 is 0. The van der Waals surface area contributed by atoms with Gasteiger partial charge in [0, 0.05) is 18.8 Å². The van der Waals surface area contributed by atoms with E-state index >= 15 is 0 Å². The number of fused-ring (bicyclic) bond motifs is 1. The molecule has 3 heterocycles. The number of carbonyl (C=O) groups is 1. The third kappa shape index (κ3) is 3.21. The van der Waals surface area contributed by atoms with Crippen molar-refractivity contribution in [1.29, 1.82) is 0 Å². The zero-order valence-electron chi connectivity index (χ0n) is 13.8. The number of rotatable bonds is 4. The molecule has 0 aromatic carbocycles. The summed E-state index contributed by atoms with van der Waals surface area (Å²) in [6.07, 6.45) is 9.37. The van der Waals surface area contributed by atoms with E-state index in [0.29, 0.717) is 12.0 Å². The molecule has 0 bridgehead atoms. The van der Waals surface area contributed by atoms with Crippen LogP contribution < -0.4 is 10.9 Å². The van der Waals surface area contributed by atoms with Gasteiger partial charge in [-0.25, -0.2) is 4.52 Å². The Hall–Kier alpha value is -2.15. The first-order chi connectivity index (χ1) is 11.8. The number of pyridine rings is 1. The summed E-state index contributed by atoms with van der Waals surface area (Å²) in [5.41, 5.74) is 6.36. The highest BCUT2D eigenvalue weighted by atomic mass is 16.2. The van der Waals surface area contributed by atoms with Crippen LogP contribution in [0, 0.1) is 5.92 Å². The number of aromatic nitrogens is 3. The van der Waals surface area contributed by atoms with Crippen molar-refractivity contribution in [3.05, 3.63) is 24.4 Å². The highest BCUT2D eigenvalue weighted by molar-refractivity contribution is 5.80. The van der Waals surface area contributed by atoms with Crippen LogP contribution in [0.4, 0.5) is 5.95 Å². The number of nitrogens with one attached hydrogen (secondary N) is 2. The average Bonchev–Trinajstić information content (AvgIpc) is 3.27. The predicted molar refractivity (Wildman–Crippen MR) is 91.3 cm³/mol. The van der Waals surface area contributed by atoms with Gasteiger partial charge < -0.3 is 0 Å². The molecule has 0 radical (unpaired) electrons. The molecule has 2 aliphatic rings. The van der Waals surface area contributed by atoms with Gasteiger partial charge in [0.15, 0.2) is 5.65 Å². The van der Waals surface area contributed by atoms with Gasteiger partial charge in [0.25, 0.3) is 5.95 Å². The number of carbonyl (C=O) groups excluding carboxylic acids is 1. The molecule has 2 aromatic rings. The van der Waals surface area contributed by atoms with Crippen LogP contribution in [0.1, 0.15) is 38.5 Å². The normalized spacial score (nSPS) is 22.8. The first-order valence-corrected chi connectivity index (χ1v) is 8.91. The van der Waals surface area contributed by atoms with Gasteiger partial charge in [0.05, 0.1) is 5.92 Å². The van der Waals surface area contributed by atoms with Crippen molar-refractivity contribution >= 4 is 17.5 Å². The molecule has 1 saturated heterocycles. The number of likely N-dealkylation sites (tertiary alicyclic amines) is 1. The molecule has 2 aromatic heterocycles. The summed E-state index contributed by atoms with van der Waals surface area (Å²) < 4.78 is 1.68. The van der Waals surface area contributed by atoms with Crippen molar-refractivity contribution < 1.29 is 4.79 Å². The van der Waals surface area contributed by atoms with Gasteiger partial charge >= 0.3 is 0 Å². The number of hydrazine groups is 1. The van der Waals surface area contributed by atoms with Crippen LogP contribution in [0.25, 0.3) is 5.65 Å². The molecule has 7 heteroatoms. The van der Waals surface area contributed by atoms with Crippen molar-refractivity contribution in [2.75, 3.05) is 18.5 Å². The second kappa shape index (κ2) is 6.76. The molecule has 7 nitrogen and oxygen atoms in total. The molecule has 128 valence electrons. The lowest BCUT2D eigenvalue weighted by Crippen LogP contribution is -2.39. The average molecular weight is 328 g/mol. The number of amides is 1. The van der Waals surface area contributed by atoms with Gasteiger partial charge in [-0.05, 0) is 37.9 Å². The van der Waals surface area contributed by atoms with E-state index in [-0.39, 0.29) is 11.8 Å². The maximum absolute atomic E-state index is 12.4. The minimum atomic E-state index is 0.0344. The molecule has 1 atom stereocenters. The van der Waals surface area contributed by atoms with Gasteiger partial charge in [-0.2, -0.15) is 4.98 Å². The summed E-state index contributed by atoms with van der Waals surface area (Å²) in [7, 11) is 0. The van der Waals surface area contributed by atoms with Crippen LogP contribution in [0.15, 0.2) is 24.4 Å². The van der Waals surface area contributed by atoms with E-state index in [1.807, 2.05) is 24.4 Å². The Morgan fingerprint density at radius 3 is 2.88 bits per heavy atom. The predicted octanol–water partition coefficient (Wildman–Crippen LogP) is 1.83. The van der Waals surface area contributed by atoms with Crippen LogP contribution in [0.3, 0.4) is 0 Å². The smallest absolute Gasteiger partial charge is 0.261 e. The maximum atomic E-state index is 12.4. The van der Waals surface area contributed by atoms with Crippen molar-refractivity contribution in [3.8, 4) is 0 Å². The monoisotopic (exact) mass is 328 g/mol. The zero-order valence-corrected chi connectivity index (χ0v) is 13.8. The fraction of sp³-hybridized carbons (Fsp3) is 0.588. The topological polar surface area (TPSA) is 74.6 Å². The lowest BCUT2D eigenvalue weighted by atomic mass is 9.94. The summed E-state index contributed by atoms with van der Waals surface area (Å²) in [4.78, 5) is 19.2. The number of anilines is 1. The number of nitrogens with zero attached hydrogens (tertiary/aromatic N) is 4. The molecule has 1 aliphatic carbocycles. The Labute approximate surface area is 141 Å². The highest BCUT2D eigenvalue weighted by Gasteiger charge is 2.32. The second-order valence-electron chi connectivity index (χ2n) is 6.83. The van der Waals surface area contributed by atoms with Crippen LogP contribution in [0.5, 0.6) is 0 Å². The summed E-state index contributed by atoms with van der Waals surface area (Å²) in [6.45, 7) is 1.91. The lowest BCUT2D eigenvalue weighted by Gasteiger charge is -2.30. The van der Waals surface area contributed by atoms with E-state index in [2.05, 4.69) is 25.8 Å². The minimum absolute atomic E-state index is 0.0344. The Bertz CT molecular complexity index is 675. The fourth-order valence-electron chi connectivity index (χ4n) is 3.88. The molecule has 1 aliphatic heterocycles. The molecule has 2 N–H and O–H groups in total. The number of hydrogen-bond donors (Lipinski definition) is 2. The lowest BCUT2D eigenvalue weighted by molar-refractivity contribution is -0.124. The Kier molecular flexibility index (Phi) is 4.34. The number of hydrogen-bond acceptors (Lipinski definition) is 5. The van der Waals surface area contributed by atoms with Crippen LogP contribution in [-0.4, -0.2) is 44.5 Å². The van der Waals surface area contributed by atoms with E-state index in [0.717, 1.165) is 25.2 Å². The van der Waals surface area contributed by atoms with E-state index < -0.39 is 0 Å². The van der Waals surface area contributed by atoms with Gasteiger partial charge in [-0.3, -0.25) is 20.5 Å². The Morgan fingerprint density at radius 1 is 1.17 bits per heavy atom. The molecular formula is C17H24N6O. The third-order valence-corrected chi connectivity index (χ3v) is 5.22. The summed E-state index contributed by atoms with van der Waals surface area (Å²) in [5.74, 6) is 0.500. The standard InChI is InChI=1S/C17H24N6O/c24-16(13-9-11-22(12-13)14-6-2-1-3-7-14)19-20-17-18-15-8-4-5-10-23(15)21-17/h4-5,8,10,13-14H,1-3,6-7,9,11-12H2,(H,19,24)(H,20,21). The largest absolute Gasteiger partial charge is 0.300 e. The first kappa shape index (κ1) is 15.4. The van der Waals surface area contributed by atoms with E-state index in [9.17, 15) is 4.79 Å². The Morgan fingerprint density at radius 2 is 2.04 bits per heavy atom. The van der Waals surface area contributed by atoms with E-state index in [4.69, 9.17) is 0 Å². The van der Waals surface area contributed by atoms with Crippen molar-refractivity contribution in [2.24, 2.45) is 5.92 Å². The van der Waals surface area contributed by atoms with Gasteiger partial charge in [0.1, 0.15) is 0 Å². The summed E-state index contributed by atoms with van der Waals surface area (Å²) in [6, 6.07) is 6.36.